The largest absolute Gasteiger partial charge is 0.352 e. The summed E-state index contributed by atoms with van der Waals surface area (Å²) in [4.78, 5) is 11.1. The molecule has 3 aromatic heterocycles. The lowest BCUT2D eigenvalue weighted by Crippen LogP contribution is -2.46. The summed E-state index contributed by atoms with van der Waals surface area (Å²) >= 11 is 1.89. The topological polar surface area (TPSA) is 63.0 Å². The molecule has 3 aromatic rings. The highest BCUT2D eigenvalue weighted by molar-refractivity contribution is 7.15. The lowest BCUT2D eigenvalue weighted by molar-refractivity contribution is 0.640. The number of aromatic nitrogens is 5. The quantitative estimate of drug-likeness (QED) is 0.707. The van der Waals surface area contributed by atoms with Crippen LogP contribution in [-0.2, 0) is 12.8 Å². The third-order valence-electron chi connectivity index (χ3n) is 5.05. The monoisotopic (exact) mass is 367 g/mol. The van der Waals surface area contributed by atoms with Gasteiger partial charge in [-0.05, 0) is 44.4 Å². The molecule has 0 aromatic carbocycles. The smallest absolute Gasteiger partial charge is 0.185 e. The maximum Gasteiger partial charge on any atom is 0.185 e. The van der Waals surface area contributed by atoms with Gasteiger partial charge in [-0.3, -0.25) is 0 Å². The zero-order valence-corrected chi connectivity index (χ0v) is 15.6. The van der Waals surface area contributed by atoms with Crippen LogP contribution in [-0.4, -0.2) is 51.1 Å². The standard InChI is InChI=1S/C18H21N7S/c1-13-7-8-25(22-13)17-6-5-16(20-21-17)23-9-11-24(12-10-23)18-19-14-3-2-4-15(14)26-18/h5-8H,2-4,9-12H2,1H3. The van der Waals surface area contributed by atoms with E-state index in [0.717, 1.165) is 49.9 Å². The van der Waals surface area contributed by atoms with Crippen molar-refractivity contribution in [3.63, 3.8) is 0 Å². The van der Waals surface area contributed by atoms with Gasteiger partial charge in [0, 0.05) is 37.3 Å². The van der Waals surface area contributed by atoms with Gasteiger partial charge in [-0.1, -0.05) is 0 Å². The van der Waals surface area contributed by atoms with Gasteiger partial charge in [0.1, 0.15) is 0 Å². The number of rotatable bonds is 3. The number of piperazine rings is 1. The predicted octanol–water partition coefficient (Wildman–Crippen LogP) is 2.24. The highest BCUT2D eigenvalue weighted by Crippen LogP contribution is 2.33. The van der Waals surface area contributed by atoms with Gasteiger partial charge in [0.15, 0.2) is 16.8 Å². The van der Waals surface area contributed by atoms with Crippen molar-refractivity contribution < 1.29 is 0 Å². The van der Waals surface area contributed by atoms with E-state index in [-0.39, 0.29) is 0 Å². The molecule has 0 atom stereocenters. The Balaban J connectivity index is 1.25. The Kier molecular flexibility index (Phi) is 3.85. The van der Waals surface area contributed by atoms with Crippen LogP contribution in [0.3, 0.4) is 0 Å². The number of aryl methyl sites for hydroxylation is 3. The molecule has 0 amide bonds. The average molecular weight is 367 g/mol. The van der Waals surface area contributed by atoms with Gasteiger partial charge >= 0.3 is 0 Å². The van der Waals surface area contributed by atoms with Crippen LogP contribution in [0, 0.1) is 6.92 Å². The van der Waals surface area contributed by atoms with E-state index in [2.05, 4.69) is 25.1 Å². The molecule has 2 aliphatic rings. The van der Waals surface area contributed by atoms with Crippen LogP contribution < -0.4 is 9.80 Å². The van der Waals surface area contributed by atoms with E-state index in [1.54, 1.807) is 4.68 Å². The summed E-state index contributed by atoms with van der Waals surface area (Å²) < 4.78 is 1.76. The van der Waals surface area contributed by atoms with Crippen LogP contribution in [0.5, 0.6) is 0 Å². The number of hydrogen-bond acceptors (Lipinski definition) is 7. The Bertz CT molecular complexity index is 885. The van der Waals surface area contributed by atoms with Crippen molar-refractivity contribution in [3.8, 4) is 5.82 Å². The normalized spacial score (nSPS) is 17.0. The molecule has 4 heterocycles. The molecular weight excluding hydrogens is 346 g/mol. The molecular formula is C18H21N7S. The van der Waals surface area contributed by atoms with E-state index in [0.29, 0.717) is 0 Å². The summed E-state index contributed by atoms with van der Waals surface area (Å²) in [5.41, 5.74) is 2.31. The molecule has 134 valence electrons. The lowest BCUT2D eigenvalue weighted by atomic mass is 10.3. The van der Waals surface area contributed by atoms with E-state index < -0.39 is 0 Å². The number of nitrogens with zero attached hydrogens (tertiary/aromatic N) is 7. The SMILES string of the molecule is Cc1ccn(-c2ccc(N3CCN(c4nc5c(s4)CCC5)CC3)nn2)n1. The van der Waals surface area contributed by atoms with Crippen molar-refractivity contribution in [2.45, 2.75) is 26.2 Å². The van der Waals surface area contributed by atoms with Crippen molar-refractivity contribution in [1.82, 2.24) is 25.0 Å². The van der Waals surface area contributed by atoms with Gasteiger partial charge < -0.3 is 9.80 Å². The predicted molar refractivity (Wildman–Crippen MR) is 102 cm³/mol. The van der Waals surface area contributed by atoms with Crippen LogP contribution in [0.25, 0.3) is 5.82 Å². The molecule has 0 radical (unpaired) electrons. The van der Waals surface area contributed by atoms with E-state index in [1.165, 1.54) is 28.5 Å². The Labute approximate surface area is 156 Å². The van der Waals surface area contributed by atoms with Gasteiger partial charge in [-0.25, -0.2) is 9.67 Å². The van der Waals surface area contributed by atoms with E-state index >= 15 is 0 Å². The number of thiazole rings is 1. The summed E-state index contributed by atoms with van der Waals surface area (Å²) in [5, 5.41) is 14.3. The molecule has 0 saturated carbocycles. The molecule has 8 heteroatoms. The number of anilines is 2. The second-order valence-electron chi connectivity index (χ2n) is 6.85. The highest BCUT2D eigenvalue weighted by Gasteiger charge is 2.24. The molecule has 0 spiro atoms. The fourth-order valence-electron chi connectivity index (χ4n) is 3.59. The van der Waals surface area contributed by atoms with Gasteiger partial charge in [-0.15, -0.1) is 21.5 Å². The van der Waals surface area contributed by atoms with E-state index in [9.17, 15) is 0 Å². The van der Waals surface area contributed by atoms with Gasteiger partial charge in [0.05, 0.1) is 11.4 Å². The second kappa shape index (κ2) is 6.35. The third-order valence-corrected chi connectivity index (χ3v) is 6.27. The van der Waals surface area contributed by atoms with Crippen LogP contribution in [0.15, 0.2) is 24.4 Å². The summed E-state index contributed by atoms with van der Waals surface area (Å²) in [5.74, 6) is 1.68. The molecule has 1 aliphatic heterocycles. The van der Waals surface area contributed by atoms with Gasteiger partial charge in [-0.2, -0.15) is 5.10 Å². The summed E-state index contributed by atoms with van der Waals surface area (Å²) in [6.45, 7) is 5.82. The molecule has 1 fully saturated rings. The third kappa shape index (κ3) is 2.84. The first-order chi connectivity index (χ1) is 12.8. The van der Waals surface area contributed by atoms with Crippen LogP contribution in [0.4, 0.5) is 10.9 Å². The van der Waals surface area contributed by atoms with E-state index in [4.69, 9.17) is 4.98 Å². The molecule has 1 aliphatic carbocycles. The first-order valence-electron chi connectivity index (χ1n) is 9.11. The van der Waals surface area contributed by atoms with Crippen molar-refractivity contribution >= 4 is 22.3 Å². The molecule has 0 unspecified atom stereocenters. The molecule has 5 rings (SSSR count). The Morgan fingerprint density at radius 1 is 0.923 bits per heavy atom. The van der Waals surface area contributed by atoms with Crippen LogP contribution in [0.1, 0.15) is 22.7 Å². The van der Waals surface area contributed by atoms with Crippen molar-refractivity contribution in [3.05, 3.63) is 40.7 Å². The van der Waals surface area contributed by atoms with Gasteiger partial charge in [0.2, 0.25) is 0 Å². The Hall–Kier alpha value is -2.48. The summed E-state index contributed by atoms with van der Waals surface area (Å²) in [6.07, 6.45) is 5.55. The minimum atomic E-state index is 0.748. The summed E-state index contributed by atoms with van der Waals surface area (Å²) in [7, 11) is 0. The zero-order valence-electron chi connectivity index (χ0n) is 14.8. The maximum atomic E-state index is 4.85. The minimum Gasteiger partial charge on any atom is -0.352 e. The Morgan fingerprint density at radius 3 is 2.38 bits per heavy atom. The fourth-order valence-corrected chi connectivity index (χ4v) is 4.79. The van der Waals surface area contributed by atoms with Crippen molar-refractivity contribution in [2.75, 3.05) is 36.0 Å². The fraction of sp³-hybridized carbons (Fsp3) is 0.444. The maximum absolute atomic E-state index is 4.85. The Morgan fingerprint density at radius 2 is 1.69 bits per heavy atom. The van der Waals surface area contributed by atoms with Crippen molar-refractivity contribution in [2.24, 2.45) is 0 Å². The minimum absolute atomic E-state index is 0.748. The molecule has 1 saturated heterocycles. The molecule has 0 bridgehead atoms. The first-order valence-corrected chi connectivity index (χ1v) is 9.93. The van der Waals surface area contributed by atoms with Crippen LogP contribution >= 0.6 is 11.3 Å². The number of fused-ring (bicyclic) bond motifs is 1. The number of hydrogen-bond donors (Lipinski definition) is 0. The molecule has 26 heavy (non-hydrogen) atoms. The highest BCUT2D eigenvalue weighted by atomic mass is 32.1. The summed E-state index contributed by atoms with van der Waals surface area (Å²) in [6, 6.07) is 5.97. The van der Waals surface area contributed by atoms with Crippen LogP contribution in [0.2, 0.25) is 0 Å². The lowest BCUT2D eigenvalue weighted by Gasteiger charge is -2.35. The first kappa shape index (κ1) is 15.7. The van der Waals surface area contributed by atoms with Crippen molar-refractivity contribution in [1.29, 1.82) is 0 Å². The van der Waals surface area contributed by atoms with Gasteiger partial charge in [0.25, 0.3) is 0 Å². The molecule has 0 N–H and O–H groups in total. The average Bonchev–Trinajstić information content (AvgIpc) is 3.38. The second-order valence-corrected chi connectivity index (χ2v) is 7.91. The zero-order chi connectivity index (χ0) is 17.5. The molecule has 7 nitrogen and oxygen atoms in total. The van der Waals surface area contributed by atoms with E-state index in [1.807, 2.05) is 42.7 Å².